The van der Waals surface area contributed by atoms with Crippen LogP contribution in [0, 0.1) is 23.7 Å². The minimum absolute atomic E-state index is 0.874. The molecule has 0 fully saturated rings. The van der Waals surface area contributed by atoms with E-state index in [1.54, 1.807) is 12.4 Å². The number of hydrogen-bond acceptors (Lipinski definition) is 4. The van der Waals surface area contributed by atoms with Gasteiger partial charge in [0.05, 0.1) is 22.1 Å². The van der Waals surface area contributed by atoms with Gasteiger partial charge in [-0.1, -0.05) is 84.3 Å². The molecule has 4 nitrogen and oxygen atoms in total. The summed E-state index contributed by atoms with van der Waals surface area (Å²) in [5, 5.41) is 4.23. The maximum absolute atomic E-state index is 4.65. The van der Waals surface area contributed by atoms with Gasteiger partial charge in [0.2, 0.25) is 0 Å². The van der Waals surface area contributed by atoms with Crippen LogP contribution in [0.2, 0.25) is 0 Å². The maximum Gasteiger partial charge on any atom is 0.0965 e. The number of rotatable bonds is 1. The summed E-state index contributed by atoms with van der Waals surface area (Å²) in [5.74, 6) is 13.1. The summed E-state index contributed by atoms with van der Waals surface area (Å²) >= 11 is 0. The van der Waals surface area contributed by atoms with E-state index < -0.39 is 0 Å². The normalized spacial score (nSPS) is 10.8. The Hall–Kier alpha value is -6.36. The molecule has 0 aliphatic heterocycles. The minimum atomic E-state index is 0.874. The lowest BCUT2D eigenvalue weighted by Gasteiger charge is -2.03. The summed E-state index contributed by atoms with van der Waals surface area (Å²) in [6.45, 7) is 0. The van der Waals surface area contributed by atoms with E-state index in [4.69, 9.17) is 0 Å². The molecule has 0 atom stereocenters. The second kappa shape index (κ2) is 10.8. The monoisotopic (exact) mass is 558 g/mol. The van der Waals surface area contributed by atoms with Crippen LogP contribution >= 0.6 is 0 Å². The number of aromatic nitrogens is 4. The van der Waals surface area contributed by atoms with Crippen molar-refractivity contribution in [3.63, 3.8) is 0 Å². The Morgan fingerprint density at radius 1 is 0.341 bits per heavy atom. The Morgan fingerprint density at radius 2 is 0.727 bits per heavy atom. The van der Waals surface area contributed by atoms with E-state index in [0.717, 1.165) is 77.0 Å². The minimum Gasteiger partial charge on any atom is -0.254 e. The highest BCUT2D eigenvalue weighted by Crippen LogP contribution is 2.24. The summed E-state index contributed by atoms with van der Waals surface area (Å²) < 4.78 is 0. The largest absolute Gasteiger partial charge is 0.254 e. The van der Waals surface area contributed by atoms with Gasteiger partial charge in [-0.15, -0.1) is 0 Å². The zero-order chi connectivity index (χ0) is 29.3. The second-order valence-electron chi connectivity index (χ2n) is 10.5. The number of benzene rings is 4. The van der Waals surface area contributed by atoms with E-state index in [0.29, 0.717) is 0 Å². The fourth-order valence-corrected chi connectivity index (χ4v) is 5.39. The first-order valence-corrected chi connectivity index (χ1v) is 14.3. The molecule has 0 amide bonds. The van der Waals surface area contributed by atoms with Crippen molar-refractivity contribution in [3.8, 4) is 34.8 Å². The van der Waals surface area contributed by atoms with E-state index in [9.17, 15) is 0 Å². The van der Waals surface area contributed by atoms with Crippen LogP contribution < -0.4 is 0 Å². The van der Waals surface area contributed by atoms with Crippen molar-refractivity contribution in [2.24, 2.45) is 0 Å². The molecule has 0 unspecified atom stereocenters. The molecule has 4 aromatic carbocycles. The summed E-state index contributed by atoms with van der Waals surface area (Å²) in [5.41, 5.74) is 9.51. The van der Waals surface area contributed by atoms with Crippen LogP contribution in [0.1, 0.15) is 22.3 Å². The van der Waals surface area contributed by atoms with Gasteiger partial charge in [0, 0.05) is 68.6 Å². The van der Waals surface area contributed by atoms with Gasteiger partial charge in [-0.25, -0.2) is 0 Å². The zero-order valence-corrected chi connectivity index (χ0v) is 23.5. The van der Waals surface area contributed by atoms with Gasteiger partial charge < -0.3 is 0 Å². The predicted octanol–water partition coefficient (Wildman–Crippen LogP) is 8.35. The summed E-state index contributed by atoms with van der Waals surface area (Å²) in [4.78, 5) is 18.3. The fourth-order valence-electron chi connectivity index (χ4n) is 5.39. The van der Waals surface area contributed by atoms with E-state index >= 15 is 0 Å². The molecular weight excluding hydrogens is 536 g/mol. The molecule has 8 aromatic rings. The lowest BCUT2D eigenvalue weighted by atomic mass is 10.0. The lowest BCUT2D eigenvalue weighted by molar-refractivity contribution is 1.36. The Balaban J connectivity index is 0.979. The van der Waals surface area contributed by atoms with E-state index in [1.807, 2.05) is 60.9 Å². The number of fused-ring (bicyclic) bond motifs is 6. The van der Waals surface area contributed by atoms with Crippen molar-refractivity contribution < 1.29 is 0 Å². The average Bonchev–Trinajstić information content (AvgIpc) is 3.10. The van der Waals surface area contributed by atoms with Crippen LogP contribution in [-0.4, -0.2) is 19.9 Å². The predicted molar refractivity (Wildman–Crippen MR) is 178 cm³/mol. The highest BCUT2D eigenvalue weighted by molar-refractivity contribution is 6.03. The van der Waals surface area contributed by atoms with Crippen molar-refractivity contribution >= 4 is 43.6 Å². The molecule has 0 spiro atoms. The molecule has 4 heterocycles. The van der Waals surface area contributed by atoms with Crippen molar-refractivity contribution in [3.05, 3.63) is 156 Å². The van der Waals surface area contributed by atoms with E-state index in [-0.39, 0.29) is 0 Å². The van der Waals surface area contributed by atoms with Gasteiger partial charge in [-0.05, 0) is 59.7 Å². The smallest absolute Gasteiger partial charge is 0.0965 e. The van der Waals surface area contributed by atoms with Crippen LogP contribution in [0.5, 0.6) is 0 Å². The average molecular weight is 559 g/mol. The molecule has 44 heavy (non-hydrogen) atoms. The van der Waals surface area contributed by atoms with E-state index in [1.165, 1.54) is 0 Å². The molecule has 0 aliphatic carbocycles. The fraction of sp³-hybridized carbons (Fsp3) is 0. The molecule has 0 N–H and O–H groups in total. The van der Waals surface area contributed by atoms with Crippen molar-refractivity contribution in [2.45, 2.75) is 0 Å². The standard InChI is InChI=1S/C40H22N4/c1-3-33-17-19-35-23-29(25-43-39(35)37(33)41-21-1)7-5-27-9-13-31(14-10-27)32-15-11-28(12-16-32)6-8-30-24-36-20-18-34-4-2-22-42-38(34)40(36)44-26-30/h1-4,9-26H. The second-order valence-corrected chi connectivity index (χ2v) is 10.5. The highest BCUT2D eigenvalue weighted by Gasteiger charge is 2.05. The summed E-state index contributed by atoms with van der Waals surface area (Å²) in [7, 11) is 0. The van der Waals surface area contributed by atoms with E-state index in [2.05, 4.69) is 104 Å². The topological polar surface area (TPSA) is 51.6 Å². The molecular formula is C40H22N4. The molecule has 4 heteroatoms. The molecule has 0 radical (unpaired) electrons. The lowest BCUT2D eigenvalue weighted by Crippen LogP contribution is -1.87. The first-order chi connectivity index (χ1) is 21.8. The maximum atomic E-state index is 4.65. The third-order valence-corrected chi connectivity index (χ3v) is 7.65. The van der Waals surface area contributed by atoms with Crippen molar-refractivity contribution in [1.29, 1.82) is 0 Å². The van der Waals surface area contributed by atoms with Gasteiger partial charge in [0.15, 0.2) is 0 Å². The number of nitrogens with zero attached hydrogens (tertiary/aromatic N) is 4. The Bertz CT molecular complexity index is 2310. The Labute approximate surface area is 254 Å². The Morgan fingerprint density at radius 3 is 1.18 bits per heavy atom. The van der Waals surface area contributed by atoms with Gasteiger partial charge in [0.25, 0.3) is 0 Å². The van der Waals surface area contributed by atoms with Gasteiger partial charge in [-0.2, -0.15) is 0 Å². The molecule has 202 valence electrons. The Kier molecular flexibility index (Phi) is 6.23. The summed E-state index contributed by atoms with van der Waals surface area (Å²) in [6.07, 6.45) is 7.23. The third-order valence-electron chi connectivity index (χ3n) is 7.65. The van der Waals surface area contributed by atoms with Crippen LogP contribution in [0.15, 0.2) is 134 Å². The molecule has 0 saturated carbocycles. The van der Waals surface area contributed by atoms with Crippen LogP contribution in [-0.2, 0) is 0 Å². The molecule has 0 saturated heterocycles. The van der Waals surface area contributed by atoms with Gasteiger partial charge in [-0.3, -0.25) is 19.9 Å². The first-order valence-electron chi connectivity index (χ1n) is 14.3. The van der Waals surface area contributed by atoms with Gasteiger partial charge >= 0.3 is 0 Å². The van der Waals surface area contributed by atoms with Gasteiger partial charge in [0.1, 0.15) is 0 Å². The van der Waals surface area contributed by atoms with Crippen LogP contribution in [0.25, 0.3) is 54.7 Å². The zero-order valence-electron chi connectivity index (χ0n) is 23.5. The van der Waals surface area contributed by atoms with Crippen LogP contribution in [0.3, 0.4) is 0 Å². The third kappa shape index (κ3) is 4.88. The van der Waals surface area contributed by atoms with Crippen LogP contribution in [0.4, 0.5) is 0 Å². The molecule has 8 rings (SSSR count). The van der Waals surface area contributed by atoms with Crippen molar-refractivity contribution in [2.75, 3.05) is 0 Å². The SMILES string of the molecule is C(#Cc1cnc2c(ccc3cccnc32)c1)c1ccc(-c2ccc(C#Cc3cnc4c(ccc5cccnc54)c3)cc2)cc1. The molecule has 4 aromatic heterocycles. The highest BCUT2D eigenvalue weighted by atomic mass is 14.7. The quantitative estimate of drug-likeness (QED) is 0.150. The first kappa shape index (κ1) is 25.4. The molecule has 0 aliphatic rings. The number of hydrogen-bond donors (Lipinski definition) is 0. The molecule has 0 bridgehead atoms. The summed E-state index contributed by atoms with van der Waals surface area (Å²) in [6, 6.07) is 37.0. The van der Waals surface area contributed by atoms with Crippen molar-refractivity contribution in [1.82, 2.24) is 19.9 Å². The number of pyridine rings is 4.